The van der Waals surface area contributed by atoms with Gasteiger partial charge in [0.05, 0.1) is 63.0 Å². The Labute approximate surface area is 414 Å². The van der Waals surface area contributed by atoms with Gasteiger partial charge in [-0.25, -0.2) is 9.59 Å². The van der Waals surface area contributed by atoms with Crippen molar-refractivity contribution < 1.29 is 47.5 Å². The molecule has 2 atom stereocenters. The van der Waals surface area contributed by atoms with Crippen LogP contribution in [-0.4, -0.2) is 133 Å². The summed E-state index contributed by atoms with van der Waals surface area (Å²) in [4.78, 5) is 32.0. The van der Waals surface area contributed by atoms with Gasteiger partial charge in [-0.2, -0.15) is 0 Å². The van der Waals surface area contributed by atoms with Crippen LogP contribution in [0, 0.1) is 17.3 Å². The lowest BCUT2D eigenvalue weighted by Gasteiger charge is -2.58. The molecular weight excluding hydrogens is 873 g/mol. The molecule has 69 heavy (non-hydrogen) atoms. The van der Waals surface area contributed by atoms with Crippen LogP contribution in [0.4, 0.5) is 0 Å². The lowest BCUT2D eigenvalue weighted by atomic mass is 9.60. The highest BCUT2D eigenvalue weighted by atomic mass is 16.7. The third kappa shape index (κ3) is 12.3. The van der Waals surface area contributed by atoms with Crippen molar-refractivity contribution in [1.29, 1.82) is 0 Å². The fourth-order valence-corrected chi connectivity index (χ4v) is 14.2. The molecule has 2 aromatic carbocycles. The molecule has 0 N–H and O–H groups in total. The fraction of sp³-hybridized carbons (Fsp3) is 0.754. The first-order chi connectivity index (χ1) is 32.6. The van der Waals surface area contributed by atoms with Gasteiger partial charge < -0.3 is 37.9 Å². The van der Waals surface area contributed by atoms with Crippen molar-refractivity contribution in [3.63, 3.8) is 0 Å². The zero-order valence-corrected chi connectivity index (χ0v) is 43.9. The zero-order valence-electron chi connectivity index (χ0n) is 43.9. The van der Waals surface area contributed by atoms with Gasteiger partial charge in [0, 0.05) is 60.9 Å². The number of hydrogen-bond donors (Lipinski definition) is 0. The molecule has 4 saturated heterocycles. The Kier molecular flexibility index (Phi) is 15.9. The monoisotopic (exact) mass is 959 g/mol. The first kappa shape index (κ1) is 52.4. The molecule has 4 aliphatic heterocycles. The molecule has 0 aromatic heterocycles. The van der Waals surface area contributed by atoms with E-state index in [4.69, 9.17) is 37.9 Å². The molecule has 4 heterocycles. The van der Waals surface area contributed by atoms with E-state index in [9.17, 15) is 9.59 Å². The summed E-state index contributed by atoms with van der Waals surface area (Å²) < 4.78 is 51.0. The molecule has 2 unspecified atom stereocenters. The maximum absolute atomic E-state index is 13.5. The molecule has 6 fully saturated rings. The number of benzene rings is 2. The molecule has 0 amide bonds. The first-order valence-corrected chi connectivity index (χ1v) is 26.5. The lowest BCUT2D eigenvalue weighted by Crippen LogP contribution is -2.67. The molecular formula is C57H86N2O10. The SMILES string of the molecule is CC(C)(C1CCC(OCC(CN2C(C)(C)CC3(CC2(C)C)OCCO3)OC(=O)c2ccccc2)CC1)C1CCC(OCC(CN2C(C)(C)CC3(CC2(C)C)OCCO3)OC(=O)c2ccccc2)CC1. The molecule has 2 saturated carbocycles. The molecule has 6 aliphatic rings. The number of esters is 2. The summed E-state index contributed by atoms with van der Waals surface area (Å²) >= 11 is 0. The number of piperidine rings is 2. The van der Waals surface area contributed by atoms with Crippen molar-refractivity contribution in [2.24, 2.45) is 17.3 Å². The second-order valence-corrected chi connectivity index (χ2v) is 24.6. The van der Waals surface area contributed by atoms with Gasteiger partial charge >= 0.3 is 11.9 Å². The Morgan fingerprint density at radius 2 is 0.826 bits per heavy atom. The van der Waals surface area contributed by atoms with E-state index in [2.05, 4.69) is 79.0 Å². The predicted molar refractivity (Wildman–Crippen MR) is 266 cm³/mol. The minimum absolute atomic E-state index is 0.126. The third-order valence-corrected chi connectivity index (χ3v) is 17.2. The average Bonchev–Trinajstić information content (AvgIpc) is 3.95. The molecule has 12 nitrogen and oxygen atoms in total. The van der Waals surface area contributed by atoms with E-state index in [1.54, 1.807) is 0 Å². The van der Waals surface area contributed by atoms with E-state index < -0.39 is 23.8 Å². The van der Waals surface area contributed by atoms with Gasteiger partial charge in [0.25, 0.3) is 0 Å². The number of ether oxygens (including phenoxy) is 8. The van der Waals surface area contributed by atoms with Gasteiger partial charge in [0.1, 0.15) is 12.2 Å². The van der Waals surface area contributed by atoms with E-state index in [1.165, 1.54) is 0 Å². The summed E-state index contributed by atoms with van der Waals surface area (Å²) in [6.07, 6.45) is 10.8. The number of hydrogen-bond acceptors (Lipinski definition) is 12. The van der Waals surface area contributed by atoms with Gasteiger partial charge in [-0.3, -0.25) is 9.80 Å². The second-order valence-electron chi connectivity index (χ2n) is 24.6. The highest BCUT2D eigenvalue weighted by Crippen LogP contribution is 2.51. The summed E-state index contributed by atoms with van der Waals surface area (Å²) in [7, 11) is 0. The second kappa shape index (κ2) is 20.9. The summed E-state index contributed by atoms with van der Waals surface area (Å²) in [5, 5.41) is 0. The summed E-state index contributed by atoms with van der Waals surface area (Å²) in [6, 6.07) is 18.6. The summed E-state index contributed by atoms with van der Waals surface area (Å²) in [6.45, 7) is 27.3. The number of nitrogens with zero attached hydrogens (tertiary/aromatic N) is 2. The van der Waals surface area contributed by atoms with Gasteiger partial charge in [0.15, 0.2) is 11.6 Å². The Balaban J connectivity index is 0.840. The fourth-order valence-electron chi connectivity index (χ4n) is 14.2. The van der Waals surface area contributed by atoms with Crippen LogP contribution in [0.2, 0.25) is 0 Å². The van der Waals surface area contributed by atoms with Gasteiger partial charge in [-0.15, -0.1) is 0 Å². The third-order valence-electron chi connectivity index (χ3n) is 17.2. The van der Waals surface area contributed by atoms with E-state index in [1.807, 2.05) is 60.7 Å². The van der Waals surface area contributed by atoms with E-state index in [0.717, 1.165) is 77.0 Å². The Morgan fingerprint density at radius 1 is 0.522 bits per heavy atom. The van der Waals surface area contributed by atoms with Gasteiger partial charge in [-0.05, 0) is 148 Å². The van der Waals surface area contributed by atoms with Crippen LogP contribution < -0.4 is 0 Å². The lowest BCUT2D eigenvalue weighted by molar-refractivity contribution is -0.243. The topological polar surface area (TPSA) is 114 Å². The zero-order chi connectivity index (χ0) is 49.3. The highest BCUT2D eigenvalue weighted by Gasteiger charge is 2.57. The maximum atomic E-state index is 13.5. The van der Waals surface area contributed by atoms with E-state index in [-0.39, 0.29) is 51.7 Å². The number of carbonyl (C=O) groups is 2. The minimum Gasteiger partial charge on any atom is -0.455 e. The summed E-state index contributed by atoms with van der Waals surface area (Å²) in [5.74, 6) is -0.578. The molecule has 2 aliphatic carbocycles. The molecule has 0 bridgehead atoms. The van der Waals surface area contributed by atoms with E-state index in [0.29, 0.717) is 75.7 Å². The van der Waals surface area contributed by atoms with Crippen molar-refractivity contribution in [3.8, 4) is 0 Å². The quantitative estimate of drug-likeness (QED) is 0.149. The van der Waals surface area contributed by atoms with Crippen molar-refractivity contribution in [3.05, 3.63) is 71.8 Å². The van der Waals surface area contributed by atoms with Crippen LogP contribution in [0.3, 0.4) is 0 Å². The Morgan fingerprint density at radius 3 is 1.13 bits per heavy atom. The highest BCUT2D eigenvalue weighted by molar-refractivity contribution is 5.89. The van der Waals surface area contributed by atoms with Crippen molar-refractivity contribution in [1.82, 2.24) is 9.80 Å². The molecule has 384 valence electrons. The standard InChI is InChI=1S/C57H86N2O10/c1-51(2)37-56(64-29-30-65-56)38-52(3,4)58(51)33-47(68-49(60)41-17-13-11-14-18-41)35-62-45-25-21-43(22-26-45)55(9,10)44-23-27-46(28-24-44)63-36-48(69-50(61)42-19-15-12-16-20-42)34-59-53(5,6)39-57(40-54(59,7)8)66-31-32-67-57/h11-20,43-48H,21-40H2,1-10H3. The van der Waals surface area contributed by atoms with Crippen LogP contribution in [0.5, 0.6) is 0 Å². The van der Waals surface area contributed by atoms with Crippen LogP contribution in [0.25, 0.3) is 0 Å². The van der Waals surface area contributed by atoms with E-state index >= 15 is 0 Å². The van der Waals surface area contributed by atoms with Crippen LogP contribution in [-0.2, 0) is 37.9 Å². The Bertz CT molecular complexity index is 1810. The van der Waals surface area contributed by atoms with Crippen LogP contribution in [0.15, 0.2) is 60.7 Å². The number of rotatable bonds is 16. The normalized spacial score (nSPS) is 29.4. The average molecular weight is 959 g/mol. The first-order valence-electron chi connectivity index (χ1n) is 26.5. The molecule has 2 spiro atoms. The smallest absolute Gasteiger partial charge is 0.338 e. The largest absolute Gasteiger partial charge is 0.455 e. The number of likely N-dealkylation sites (tertiary alicyclic amines) is 2. The van der Waals surface area contributed by atoms with Gasteiger partial charge in [-0.1, -0.05) is 50.2 Å². The molecule has 0 radical (unpaired) electrons. The Hall–Kier alpha value is -2.94. The van der Waals surface area contributed by atoms with Gasteiger partial charge in [0.2, 0.25) is 0 Å². The maximum Gasteiger partial charge on any atom is 0.338 e. The van der Waals surface area contributed by atoms with Crippen molar-refractivity contribution in [2.45, 2.75) is 204 Å². The number of carbonyl (C=O) groups excluding carboxylic acids is 2. The molecule has 2 aromatic rings. The van der Waals surface area contributed by atoms with Crippen LogP contribution in [0.1, 0.15) is 167 Å². The van der Waals surface area contributed by atoms with Crippen LogP contribution >= 0.6 is 0 Å². The van der Waals surface area contributed by atoms with Crippen molar-refractivity contribution in [2.75, 3.05) is 52.7 Å². The molecule has 12 heteroatoms. The summed E-state index contributed by atoms with van der Waals surface area (Å²) in [5.41, 5.74) is 0.249. The predicted octanol–water partition coefficient (Wildman–Crippen LogP) is 10.4. The molecule has 8 rings (SSSR count). The van der Waals surface area contributed by atoms with Crippen molar-refractivity contribution >= 4 is 11.9 Å². The minimum atomic E-state index is -0.574.